The van der Waals surface area contributed by atoms with Gasteiger partial charge in [-0.25, -0.2) is 4.98 Å². The summed E-state index contributed by atoms with van der Waals surface area (Å²) >= 11 is 3.30. The van der Waals surface area contributed by atoms with Gasteiger partial charge in [-0.3, -0.25) is 9.89 Å². The van der Waals surface area contributed by atoms with E-state index in [1.165, 1.54) is 6.33 Å². The van der Waals surface area contributed by atoms with Crippen LogP contribution >= 0.6 is 15.9 Å². The van der Waals surface area contributed by atoms with Crippen molar-refractivity contribution in [2.45, 2.75) is 12.8 Å². The molecule has 2 aromatic rings. The number of nitrogens with two attached hydrogens (primary N) is 1. The fourth-order valence-corrected chi connectivity index (χ4v) is 2.02. The first-order valence-corrected chi connectivity index (χ1v) is 6.63. The molecule has 0 saturated carbocycles. The summed E-state index contributed by atoms with van der Waals surface area (Å²) in [4.78, 5) is 15.9. The molecule has 7 heteroatoms. The Bertz CT molecular complexity index is 555. The molecule has 0 aliphatic rings. The van der Waals surface area contributed by atoms with E-state index in [9.17, 15) is 4.79 Å². The molecule has 2 rings (SSSR count). The summed E-state index contributed by atoms with van der Waals surface area (Å²) in [5, 5.41) is 9.36. The SMILES string of the molecule is Nc1cc(Br)ccc1C(=O)NCCCc1ncn[nH]1. The Morgan fingerprint density at radius 1 is 1.47 bits per heavy atom. The second-order valence-corrected chi connectivity index (χ2v) is 4.94. The number of aryl methyl sites for hydroxylation is 1. The highest BCUT2D eigenvalue weighted by Crippen LogP contribution is 2.18. The van der Waals surface area contributed by atoms with Crippen LogP contribution in [-0.4, -0.2) is 27.6 Å². The number of amides is 1. The molecule has 0 aliphatic heterocycles. The summed E-state index contributed by atoms with van der Waals surface area (Å²) in [6.07, 6.45) is 3.00. The molecular weight excluding hydrogens is 310 g/mol. The number of hydrogen-bond donors (Lipinski definition) is 3. The predicted octanol–water partition coefficient (Wildman–Crippen LogP) is 1.51. The second kappa shape index (κ2) is 6.33. The summed E-state index contributed by atoms with van der Waals surface area (Å²) in [5.74, 6) is 0.653. The number of hydrogen-bond acceptors (Lipinski definition) is 4. The zero-order valence-electron chi connectivity index (χ0n) is 10.2. The molecule has 0 spiro atoms. The van der Waals surface area contributed by atoms with Gasteiger partial charge >= 0.3 is 0 Å². The maximum Gasteiger partial charge on any atom is 0.253 e. The van der Waals surface area contributed by atoms with Crippen molar-refractivity contribution in [1.82, 2.24) is 20.5 Å². The molecule has 0 radical (unpaired) electrons. The minimum atomic E-state index is -0.164. The second-order valence-electron chi connectivity index (χ2n) is 4.02. The van der Waals surface area contributed by atoms with Crippen LogP contribution in [0.3, 0.4) is 0 Å². The Morgan fingerprint density at radius 2 is 2.32 bits per heavy atom. The van der Waals surface area contributed by atoms with Gasteiger partial charge in [-0.15, -0.1) is 0 Å². The first kappa shape index (κ1) is 13.5. The Hall–Kier alpha value is -1.89. The van der Waals surface area contributed by atoms with E-state index in [1.54, 1.807) is 18.2 Å². The molecular formula is C12H14BrN5O. The van der Waals surface area contributed by atoms with Crippen molar-refractivity contribution in [1.29, 1.82) is 0 Å². The fraction of sp³-hybridized carbons (Fsp3) is 0.250. The van der Waals surface area contributed by atoms with Gasteiger partial charge in [0.1, 0.15) is 12.2 Å². The monoisotopic (exact) mass is 323 g/mol. The van der Waals surface area contributed by atoms with Gasteiger partial charge in [-0.1, -0.05) is 15.9 Å². The van der Waals surface area contributed by atoms with E-state index in [-0.39, 0.29) is 5.91 Å². The molecule has 1 aromatic carbocycles. The highest BCUT2D eigenvalue weighted by Gasteiger charge is 2.09. The minimum Gasteiger partial charge on any atom is -0.398 e. The summed E-state index contributed by atoms with van der Waals surface area (Å²) in [6.45, 7) is 0.565. The van der Waals surface area contributed by atoms with Crippen LogP contribution in [0.4, 0.5) is 5.69 Å². The topological polar surface area (TPSA) is 96.7 Å². The number of nitrogen functional groups attached to an aromatic ring is 1. The molecule has 0 bridgehead atoms. The first-order valence-electron chi connectivity index (χ1n) is 5.84. The number of carbonyl (C=O) groups excluding carboxylic acids is 1. The lowest BCUT2D eigenvalue weighted by Crippen LogP contribution is -2.25. The van der Waals surface area contributed by atoms with Crippen LogP contribution in [0.5, 0.6) is 0 Å². The van der Waals surface area contributed by atoms with Gasteiger partial charge in [0, 0.05) is 23.1 Å². The van der Waals surface area contributed by atoms with Crippen LogP contribution in [0.25, 0.3) is 0 Å². The zero-order chi connectivity index (χ0) is 13.7. The average molecular weight is 324 g/mol. The van der Waals surface area contributed by atoms with Gasteiger partial charge in [-0.2, -0.15) is 5.10 Å². The quantitative estimate of drug-likeness (QED) is 0.574. The number of carbonyl (C=O) groups is 1. The van der Waals surface area contributed by atoms with Crippen molar-refractivity contribution in [3.63, 3.8) is 0 Å². The van der Waals surface area contributed by atoms with E-state index in [2.05, 4.69) is 36.4 Å². The number of halogens is 1. The number of aromatic nitrogens is 3. The number of nitrogens with one attached hydrogen (secondary N) is 2. The van der Waals surface area contributed by atoms with Gasteiger partial charge in [0.2, 0.25) is 0 Å². The van der Waals surface area contributed by atoms with E-state index in [1.807, 2.05) is 0 Å². The van der Waals surface area contributed by atoms with Crippen molar-refractivity contribution in [3.8, 4) is 0 Å². The number of H-pyrrole nitrogens is 1. The molecule has 0 saturated heterocycles. The van der Waals surface area contributed by atoms with E-state index in [0.717, 1.165) is 23.1 Å². The van der Waals surface area contributed by atoms with Gasteiger partial charge in [0.15, 0.2) is 0 Å². The van der Waals surface area contributed by atoms with E-state index in [4.69, 9.17) is 5.73 Å². The molecule has 100 valence electrons. The molecule has 6 nitrogen and oxygen atoms in total. The molecule has 0 aliphatic carbocycles. The van der Waals surface area contributed by atoms with Crippen molar-refractivity contribution < 1.29 is 4.79 Å². The third-order valence-electron chi connectivity index (χ3n) is 2.60. The highest BCUT2D eigenvalue weighted by atomic mass is 79.9. The van der Waals surface area contributed by atoms with Gasteiger partial charge in [-0.05, 0) is 24.6 Å². The van der Waals surface area contributed by atoms with Crippen molar-refractivity contribution in [3.05, 3.63) is 40.4 Å². The zero-order valence-corrected chi connectivity index (χ0v) is 11.8. The lowest BCUT2D eigenvalue weighted by atomic mass is 10.1. The molecule has 0 unspecified atom stereocenters. The summed E-state index contributed by atoms with van der Waals surface area (Å²) in [5.41, 5.74) is 6.74. The third-order valence-corrected chi connectivity index (χ3v) is 3.09. The summed E-state index contributed by atoms with van der Waals surface area (Å²) < 4.78 is 0.854. The maximum absolute atomic E-state index is 11.9. The van der Waals surface area contributed by atoms with Crippen molar-refractivity contribution in [2.75, 3.05) is 12.3 Å². The number of anilines is 1. The van der Waals surface area contributed by atoms with Crippen LogP contribution in [0.15, 0.2) is 29.0 Å². The van der Waals surface area contributed by atoms with Crippen LogP contribution in [0.2, 0.25) is 0 Å². The van der Waals surface area contributed by atoms with Crippen LogP contribution in [0, 0.1) is 0 Å². The number of rotatable bonds is 5. The Balaban J connectivity index is 1.81. The Kier molecular flexibility index (Phi) is 4.51. The molecule has 1 aromatic heterocycles. The van der Waals surface area contributed by atoms with E-state index in [0.29, 0.717) is 17.8 Å². The normalized spacial score (nSPS) is 10.4. The maximum atomic E-state index is 11.9. The lowest BCUT2D eigenvalue weighted by Gasteiger charge is -2.07. The highest BCUT2D eigenvalue weighted by molar-refractivity contribution is 9.10. The van der Waals surface area contributed by atoms with Crippen LogP contribution in [0.1, 0.15) is 22.6 Å². The van der Waals surface area contributed by atoms with Crippen molar-refractivity contribution >= 4 is 27.5 Å². The van der Waals surface area contributed by atoms with Crippen LogP contribution in [-0.2, 0) is 6.42 Å². The third kappa shape index (κ3) is 3.78. The number of benzene rings is 1. The minimum absolute atomic E-state index is 0.164. The van der Waals surface area contributed by atoms with E-state index < -0.39 is 0 Å². The largest absolute Gasteiger partial charge is 0.398 e. The Morgan fingerprint density at radius 3 is 3.00 bits per heavy atom. The standard InChI is InChI=1S/C12H14BrN5O/c13-8-3-4-9(10(14)6-8)12(19)15-5-1-2-11-16-7-17-18-11/h3-4,6-7H,1-2,5,14H2,(H,15,19)(H,16,17,18). The fourth-order valence-electron chi connectivity index (χ4n) is 1.64. The molecule has 0 fully saturated rings. The van der Waals surface area contributed by atoms with Gasteiger partial charge in [0.25, 0.3) is 5.91 Å². The number of aromatic amines is 1. The van der Waals surface area contributed by atoms with Gasteiger partial charge in [0.05, 0.1) is 5.56 Å². The van der Waals surface area contributed by atoms with Crippen molar-refractivity contribution in [2.24, 2.45) is 0 Å². The lowest BCUT2D eigenvalue weighted by molar-refractivity contribution is 0.0954. The molecule has 0 atom stereocenters. The summed E-state index contributed by atoms with van der Waals surface area (Å²) in [7, 11) is 0. The molecule has 4 N–H and O–H groups in total. The average Bonchev–Trinajstić information content (AvgIpc) is 2.87. The van der Waals surface area contributed by atoms with Gasteiger partial charge < -0.3 is 11.1 Å². The predicted molar refractivity (Wildman–Crippen MR) is 75.6 cm³/mol. The van der Waals surface area contributed by atoms with E-state index >= 15 is 0 Å². The number of nitrogens with zero attached hydrogens (tertiary/aromatic N) is 2. The smallest absolute Gasteiger partial charge is 0.253 e. The van der Waals surface area contributed by atoms with Crippen LogP contribution < -0.4 is 11.1 Å². The molecule has 1 amide bonds. The summed E-state index contributed by atoms with van der Waals surface area (Å²) in [6, 6.07) is 5.20. The Labute approximate surface area is 118 Å². The molecule has 1 heterocycles. The first-order chi connectivity index (χ1) is 9.16. The molecule has 19 heavy (non-hydrogen) atoms.